The van der Waals surface area contributed by atoms with Crippen molar-refractivity contribution in [3.63, 3.8) is 0 Å². The molecular formula is C15H19NO. The lowest BCUT2D eigenvalue weighted by molar-refractivity contribution is -0.138. The maximum absolute atomic E-state index is 12.2. The van der Waals surface area contributed by atoms with Gasteiger partial charge in [0.2, 0.25) is 5.91 Å². The molecule has 0 aliphatic carbocycles. The predicted molar refractivity (Wildman–Crippen MR) is 69.4 cm³/mol. The third-order valence-corrected chi connectivity index (χ3v) is 3.31. The number of nitrogens with zero attached hydrogens (tertiary/aromatic N) is 1. The summed E-state index contributed by atoms with van der Waals surface area (Å²) in [5, 5.41) is 0. The standard InChI is InChI=1S/C15H19NO/c1-2-7-14-10-6-11-16(15(14)17)12-13-8-4-3-5-9-13/h2-5,8-9,14H,1,6-7,10-12H2. The number of carbonyl (C=O) groups is 1. The Kier molecular flexibility index (Phi) is 3.97. The number of carbonyl (C=O) groups excluding carboxylic acids is 1. The van der Waals surface area contributed by atoms with E-state index in [-0.39, 0.29) is 5.92 Å². The lowest BCUT2D eigenvalue weighted by Gasteiger charge is -2.32. The first-order valence-electron chi connectivity index (χ1n) is 6.25. The summed E-state index contributed by atoms with van der Waals surface area (Å²) in [6, 6.07) is 10.2. The van der Waals surface area contributed by atoms with E-state index in [1.54, 1.807) is 0 Å². The zero-order valence-corrected chi connectivity index (χ0v) is 10.1. The van der Waals surface area contributed by atoms with Gasteiger partial charge in [-0.2, -0.15) is 0 Å². The van der Waals surface area contributed by atoms with Crippen LogP contribution in [0.15, 0.2) is 43.0 Å². The van der Waals surface area contributed by atoms with Gasteiger partial charge in [-0.15, -0.1) is 6.58 Å². The van der Waals surface area contributed by atoms with Gasteiger partial charge in [-0.3, -0.25) is 4.79 Å². The van der Waals surface area contributed by atoms with E-state index in [1.807, 2.05) is 29.2 Å². The largest absolute Gasteiger partial charge is 0.338 e. The van der Waals surface area contributed by atoms with E-state index in [9.17, 15) is 4.79 Å². The minimum absolute atomic E-state index is 0.157. The first kappa shape index (κ1) is 11.9. The summed E-state index contributed by atoms with van der Waals surface area (Å²) in [6.07, 6.45) is 4.78. The van der Waals surface area contributed by atoms with Gasteiger partial charge in [-0.25, -0.2) is 0 Å². The monoisotopic (exact) mass is 229 g/mol. The van der Waals surface area contributed by atoms with Crippen LogP contribution in [-0.4, -0.2) is 17.4 Å². The van der Waals surface area contributed by atoms with Crippen LogP contribution in [0.5, 0.6) is 0 Å². The van der Waals surface area contributed by atoms with Crippen molar-refractivity contribution in [3.8, 4) is 0 Å². The number of benzene rings is 1. The molecule has 1 atom stereocenters. The summed E-state index contributed by atoms with van der Waals surface area (Å²) in [6.45, 7) is 5.36. The highest BCUT2D eigenvalue weighted by atomic mass is 16.2. The Morgan fingerprint density at radius 1 is 1.35 bits per heavy atom. The fourth-order valence-corrected chi connectivity index (χ4v) is 2.40. The van der Waals surface area contributed by atoms with Crippen molar-refractivity contribution >= 4 is 5.91 Å². The van der Waals surface area contributed by atoms with Crippen LogP contribution < -0.4 is 0 Å². The maximum atomic E-state index is 12.2. The smallest absolute Gasteiger partial charge is 0.226 e. The van der Waals surface area contributed by atoms with Crippen LogP contribution in [0, 0.1) is 5.92 Å². The highest BCUT2D eigenvalue weighted by Crippen LogP contribution is 2.22. The molecule has 17 heavy (non-hydrogen) atoms. The van der Waals surface area contributed by atoms with Crippen molar-refractivity contribution in [3.05, 3.63) is 48.6 Å². The zero-order chi connectivity index (χ0) is 12.1. The SMILES string of the molecule is C=CCC1CCCN(Cc2ccccc2)C1=O. The third kappa shape index (κ3) is 2.96. The fraction of sp³-hybridized carbons (Fsp3) is 0.400. The van der Waals surface area contributed by atoms with E-state index in [0.29, 0.717) is 5.91 Å². The number of rotatable bonds is 4. The van der Waals surface area contributed by atoms with E-state index in [0.717, 1.165) is 32.4 Å². The highest BCUT2D eigenvalue weighted by molar-refractivity contribution is 5.79. The van der Waals surface area contributed by atoms with Crippen molar-refractivity contribution in [2.75, 3.05) is 6.54 Å². The second-order valence-corrected chi connectivity index (χ2v) is 4.61. The summed E-state index contributed by atoms with van der Waals surface area (Å²) >= 11 is 0. The van der Waals surface area contributed by atoms with E-state index < -0.39 is 0 Å². The molecule has 1 aromatic rings. The molecule has 1 heterocycles. The quantitative estimate of drug-likeness (QED) is 0.727. The Hall–Kier alpha value is -1.57. The minimum atomic E-state index is 0.157. The molecule has 1 aromatic carbocycles. The van der Waals surface area contributed by atoms with Crippen LogP contribution in [0.2, 0.25) is 0 Å². The first-order valence-corrected chi connectivity index (χ1v) is 6.25. The van der Waals surface area contributed by atoms with E-state index >= 15 is 0 Å². The normalized spacial score (nSPS) is 20.4. The fourth-order valence-electron chi connectivity index (χ4n) is 2.40. The second kappa shape index (κ2) is 5.67. The van der Waals surface area contributed by atoms with Gasteiger partial charge in [-0.05, 0) is 24.8 Å². The van der Waals surface area contributed by atoms with Crippen molar-refractivity contribution in [1.82, 2.24) is 4.90 Å². The number of amides is 1. The first-order chi connectivity index (χ1) is 8.31. The Balaban J connectivity index is 2.01. The van der Waals surface area contributed by atoms with E-state index in [1.165, 1.54) is 5.56 Å². The summed E-state index contributed by atoms with van der Waals surface area (Å²) in [4.78, 5) is 14.2. The van der Waals surface area contributed by atoms with Gasteiger partial charge in [-0.1, -0.05) is 36.4 Å². The molecule has 1 aliphatic rings. The molecule has 0 saturated carbocycles. The van der Waals surface area contributed by atoms with E-state index in [4.69, 9.17) is 0 Å². The summed E-state index contributed by atoms with van der Waals surface area (Å²) in [7, 11) is 0. The third-order valence-electron chi connectivity index (χ3n) is 3.31. The van der Waals surface area contributed by atoms with Gasteiger partial charge in [0.05, 0.1) is 0 Å². The van der Waals surface area contributed by atoms with Crippen molar-refractivity contribution in [1.29, 1.82) is 0 Å². The summed E-state index contributed by atoms with van der Waals surface area (Å²) in [5.41, 5.74) is 1.21. The molecule has 2 heteroatoms. The van der Waals surface area contributed by atoms with Crippen LogP contribution >= 0.6 is 0 Å². The lowest BCUT2D eigenvalue weighted by Crippen LogP contribution is -2.40. The molecule has 2 rings (SSSR count). The molecule has 2 nitrogen and oxygen atoms in total. The molecule has 1 aliphatic heterocycles. The van der Waals surface area contributed by atoms with Crippen molar-refractivity contribution in [2.24, 2.45) is 5.92 Å². The summed E-state index contributed by atoms with van der Waals surface area (Å²) < 4.78 is 0. The summed E-state index contributed by atoms with van der Waals surface area (Å²) in [5.74, 6) is 0.449. The van der Waals surface area contributed by atoms with Crippen molar-refractivity contribution in [2.45, 2.75) is 25.8 Å². The number of hydrogen-bond acceptors (Lipinski definition) is 1. The number of likely N-dealkylation sites (tertiary alicyclic amines) is 1. The molecule has 0 radical (unpaired) electrons. The molecular weight excluding hydrogens is 210 g/mol. The lowest BCUT2D eigenvalue weighted by atomic mass is 9.93. The van der Waals surface area contributed by atoms with Crippen LogP contribution in [0.25, 0.3) is 0 Å². The molecule has 1 unspecified atom stereocenters. The van der Waals surface area contributed by atoms with Crippen LogP contribution in [0.3, 0.4) is 0 Å². The number of allylic oxidation sites excluding steroid dienone is 1. The second-order valence-electron chi connectivity index (χ2n) is 4.61. The topological polar surface area (TPSA) is 20.3 Å². The zero-order valence-electron chi connectivity index (χ0n) is 10.1. The van der Waals surface area contributed by atoms with Crippen molar-refractivity contribution < 1.29 is 4.79 Å². The van der Waals surface area contributed by atoms with Gasteiger partial charge in [0.1, 0.15) is 0 Å². The van der Waals surface area contributed by atoms with Crippen LogP contribution in [0.4, 0.5) is 0 Å². The molecule has 0 aromatic heterocycles. The molecule has 1 fully saturated rings. The maximum Gasteiger partial charge on any atom is 0.226 e. The minimum Gasteiger partial charge on any atom is -0.338 e. The van der Waals surface area contributed by atoms with Crippen LogP contribution in [0.1, 0.15) is 24.8 Å². The Morgan fingerprint density at radius 3 is 2.82 bits per heavy atom. The highest BCUT2D eigenvalue weighted by Gasteiger charge is 2.27. The molecule has 0 spiro atoms. The molecule has 1 saturated heterocycles. The molecule has 90 valence electrons. The Labute approximate surface area is 103 Å². The number of piperidine rings is 1. The Bertz CT molecular complexity index is 385. The number of hydrogen-bond donors (Lipinski definition) is 0. The molecule has 1 amide bonds. The van der Waals surface area contributed by atoms with Gasteiger partial charge in [0, 0.05) is 19.0 Å². The Morgan fingerprint density at radius 2 is 2.12 bits per heavy atom. The average Bonchev–Trinajstić information content (AvgIpc) is 2.36. The predicted octanol–water partition coefficient (Wildman–Crippen LogP) is 3.00. The molecule has 0 bridgehead atoms. The van der Waals surface area contributed by atoms with Gasteiger partial charge in [0.25, 0.3) is 0 Å². The molecule has 0 N–H and O–H groups in total. The van der Waals surface area contributed by atoms with E-state index in [2.05, 4.69) is 18.7 Å². The van der Waals surface area contributed by atoms with Gasteiger partial charge in [0.15, 0.2) is 0 Å². The average molecular weight is 229 g/mol. The van der Waals surface area contributed by atoms with Gasteiger partial charge < -0.3 is 4.90 Å². The van der Waals surface area contributed by atoms with Gasteiger partial charge >= 0.3 is 0 Å². The van der Waals surface area contributed by atoms with Crippen LogP contribution in [-0.2, 0) is 11.3 Å².